The van der Waals surface area contributed by atoms with E-state index in [1.807, 2.05) is 17.0 Å². The summed E-state index contributed by atoms with van der Waals surface area (Å²) >= 11 is 0. The number of para-hydroxylation sites is 1. The molecule has 1 heterocycles. The molecule has 0 bridgehead atoms. The van der Waals surface area contributed by atoms with E-state index in [-0.39, 0.29) is 12.5 Å². The number of nitrogens with one attached hydrogen (secondary N) is 1. The lowest BCUT2D eigenvalue weighted by Crippen LogP contribution is -2.41. The van der Waals surface area contributed by atoms with Crippen LogP contribution in [0.4, 0.5) is 10.5 Å². The lowest BCUT2D eigenvalue weighted by atomic mass is 10.0. The van der Waals surface area contributed by atoms with Crippen LogP contribution in [-0.4, -0.2) is 29.9 Å². The molecule has 1 aliphatic heterocycles. The molecule has 0 spiro atoms. The second-order valence-corrected chi connectivity index (χ2v) is 5.42. The molecule has 1 aromatic rings. The molecule has 108 valence electrons. The van der Waals surface area contributed by atoms with Gasteiger partial charge in [-0.2, -0.15) is 0 Å². The van der Waals surface area contributed by atoms with E-state index in [2.05, 4.69) is 12.2 Å². The van der Waals surface area contributed by atoms with Gasteiger partial charge in [-0.3, -0.25) is 4.79 Å². The van der Waals surface area contributed by atoms with Crippen LogP contribution in [0.3, 0.4) is 0 Å². The van der Waals surface area contributed by atoms with Gasteiger partial charge in [0, 0.05) is 18.8 Å². The molecule has 2 rings (SSSR count). The Morgan fingerprint density at radius 2 is 2.15 bits per heavy atom. The minimum absolute atomic E-state index is 0.103. The molecule has 0 aromatic heterocycles. The summed E-state index contributed by atoms with van der Waals surface area (Å²) in [6.07, 6.45) is 2.34. The maximum absolute atomic E-state index is 12.2. The average molecular weight is 275 g/mol. The number of nitrogens with two attached hydrogens (primary N) is 1. The Bertz CT molecular complexity index is 502. The van der Waals surface area contributed by atoms with Gasteiger partial charge in [-0.1, -0.05) is 25.1 Å². The van der Waals surface area contributed by atoms with Crippen molar-refractivity contribution in [2.24, 2.45) is 11.7 Å². The van der Waals surface area contributed by atoms with Gasteiger partial charge in [0.2, 0.25) is 5.91 Å². The lowest BCUT2D eigenvalue weighted by molar-refractivity contribution is -0.117. The molecule has 5 nitrogen and oxygen atoms in total. The molecule has 0 radical (unpaired) electrons. The molecule has 1 atom stereocenters. The summed E-state index contributed by atoms with van der Waals surface area (Å²) in [5.74, 6) is 0.133. The maximum Gasteiger partial charge on any atom is 0.321 e. The van der Waals surface area contributed by atoms with Crippen molar-refractivity contribution >= 4 is 17.6 Å². The van der Waals surface area contributed by atoms with E-state index < -0.39 is 5.91 Å². The van der Waals surface area contributed by atoms with E-state index in [1.165, 1.54) is 6.42 Å². The first-order valence-electron chi connectivity index (χ1n) is 6.98. The van der Waals surface area contributed by atoms with Gasteiger partial charge in [0.1, 0.15) is 0 Å². The molecular weight excluding hydrogens is 254 g/mol. The third-order valence-corrected chi connectivity index (χ3v) is 3.57. The Labute approximate surface area is 119 Å². The van der Waals surface area contributed by atoms with E-state index in [0.29, 0.717) is 11.6 Å². The first kappa shape index (κ1) is 14.4. The van der Waals surface area contributed by atoms with Gasteiger partial charge in [0.05, 0.1) is 6.42 Å². The van der Waals surface area contributed by atoms with Gasteiger partial charge in [0.25, 0.3) is 0 Å². The molecule has 20 heavy (non-hydrogen) atoms. The zero-order chi connectivity index (χ0) is 14.5. The summed E-state index contributed by atoms with van der Waals surface area (Å²) in [7, 11) is 0. The molecule has 0 aliphatic carbocycles. The van der Waals surface area contributed by atoms with Gasteiger partial charge in [-0.15, -0.1) is 0 Å². The largest absolute Gasteiger partial charge is 0.369 e. The van der Waals surface area contributed by atoms with Crippen LogP contribution in [0.2, 0.25) is 0 Å². The lowest BCUT2D eigenvalue weighted by Gasteiger charge is -2.31. The first-order chi connectivity index (χ1) is 9.56. The first-order valence-corrected chi connectivity index (χ1v) is 6.98. The number of nitrogens with zero attached hydrogens (tertiary/aromatic N) is 1. The number of benzene rings is 1. The number of amides is 3. The van der Waals surface area contributed by atoms with Crippen molar-refractivity contribution in [3.63, 3.8) is 0 Å². The molecule has 3 amide bonds. The normalized spacial score (nSPS) is 18.6. The van der Waals surface area contributed by atoms with Crippen LogP contribution in [0.25, 0.3) is 0 Å². The molecule has 1 saturated heterocycles. The number of likely N-dealkylation sites (tertiary alicyclic amines) is 1. The predicted molar refractivity (Wildman–Crippen MR) is 78.3 cm³/mol. The van der Waals surface area contributed by atoms with Crippen molar-refractivity contribution < 1.29 is 9.59 Å². The van der Waals surface area contributed by atoms with E-state index in [1.54, 1.807) is 12.1 Å². The van der Waals surface area contributed by atoms with Crippen LogP contribution < -0.4 is 11.1 Å². The highest BCUT2D eigenvalue weighted by atomic mass is 16.2. The van der Waals surface area contributed by atoms with Crippen molar-refractivity contribution in [2.75, 3.05) is 18.4 Å². The number of carbonyl (C=O) groups excluding carboxylic acids is 2. The fourth-order valence-corrected chi connectivity index (χ4v) is 2.55. The highest BCUT2D eigenvalue weighted by Gasteiger charge is 2.21. The van der Waals surface area contributed by atoms with E-state index in [4.69, 9.17) is 5.73 Å². The Morgan fingerprint density at radius 3 is 2.85 bits per heavy atom. The summed E-state index contributed by atoms with van der Waals surface area (Å²) in [6.45, 7) is 3.72. The number of rotatable bonds is 3. The van der Waals surface area contributed by atoms with Crippen LogP contribution >= 0.6 is 0 Å². The summed E-state index contributed by atoms with van der Waals surface area (Å²) in [4.78, 5) is 25.1. The van der Waals surface area contributed by atoms with E-state index in [0.717, 1.165) is 25.1 Å². The number of primary amides is 1. The number of carbonyl (C=O) groups is 2. The fraction of sp³-hybridized carbons (Fsp3) is 0.467. The quantitative estimate of drug-likeness (QED) is 0.885. The number of hydrogen-bond donors (Lipinski definition) is 2. The van der Waals surface area contributed by atoms with Crippen molar-refractivity contribution in [3.8, 4) is 0 Å². The van der Waals surface area contributed by atoms with Crippen LogP contribution in [0, 0.1) is 5.92 Å². The van der Waals surface area contributed by atoms with Crippen molar-refractivity contribution in [2.45, 2.75) is 26.2 Å². The average Bonchev–Trinajstić information content (AvgIpc) is 2.40. The molecule has 0 saturated carbocycles. The minimum Gasteiger partial charge on any atom is -0.369 e. The van der Waals surface area contributed by atoms with Gasteiger partial charge >= 0.3 is 6.03 Å². The molecule has 0 unspecified atom stereocenters. The number of urea groups is 1. The van der Waals surface area contributed by atoms with Crippen LogP contribution in [0.1, 0.15) is 25.3 Å². The molecule has 1 aromatic carbocycles. The number of piperidine rings is 1. The summed E-state index contributed by atoms with van der Waals surface area (Å²) in [5, 5.41) is 2.89. The number of anilines is 1. The maximum atomic E-state index is 12.2. The van der Waals surface area contributed by atoms with Crippen molar-refractivity contribution in [1.29, 1.82) is 0 Å². The zero-order valence-electron chi connectivity index (χ0n) is 11.8. The van der Waals surface area contributed by atoms with E-state index in [9.17, 15) is 9.59 Å². The molecule has 1 fully saturated rings. The number of hydrogen-bond acceptors (Lipinski definition) is 2. The van der Waals surface area contributed by atoms with Gasteiger partial charge in [-0.05, 0) is 30.4 Å². The summed E-state index contributed by atoms with van der Waals surface area (Å²) in [6, 6.07) is 7.16. The smallest absolute Gasteiger partial charge is 0.321 e. The van der Waals surface area contributed by atoms with Gasteiger partial charge < -0.3 is 16.0 Å². The molecule has 5 heteroatoms. The second kappa shape index (κ2) is 6.41. The monoisotopic (exact) mass is 275 g/mol. The highest BCUT2D eigenvalue weighted by molar-refractivity contribution is 5.91. The Kier molecular flexibility index (Phi) is 4.61. The molecular formula is C15H21N3O2. The third kappa shape index (κ3) is 3.73. The van der Waals surface area contributed by atoms with Crippen molar-refractivity contribution in [1.82, 2.24) is 4.90 Å². The van der Waals surface area contributed by atoms with Crippen LogP contribution in [0.5, 0.6) is 0 Å². The SMILES string of the molecule is C[C@H]1CCCN(C(=O)Nc2ccccc2CC(N)=O)C1. The Balaban J connectivity index is 2.05. The highest BCUT2D eigenvalue weighted by Crippen LogP contribution is 2.19. The van der Waals surface area contributed by atoms with Crippen LogP contribution in [-0.2, 0) is 11.2 Å². The minimum atomic E-state index is -0.404. The van der Waals surface area contributed by atoms with Gasteiger partial charge in [-0.25, -0.2) is 4.79 Å². The Hall–Kier alpha value is -2.04. The molecule has 1 aliphatic rings. The zero-order valence-corrected chi connectivity index (χ0v) is 11.8. The Morgan fingerprint density at radius 1 is 1.40 bits per heavy atom. The summed E-state index contributed by atoms with van der Waals surface area (Å²) in [5.41, 5.74) is 6.63. The fourth-order valence-electron chi connectivity index (χ4n) is 2.55. The standard InChI is InChI=1S/C15H21N3O2/c1-11-5-4-8-18(10-11)15(20)17-13-7-3-2-6-12(13)9-14(16)19/h2-3,6-7,11H,4-5,8-10H2,1H3,(H2,16,19)(H,17,20)/t11-/m0/s1. The third-order valence-electron chi connectivity index (χ3n) is 3.57. The molecule has 3 N–H and O–H groups in total. The predicted octanol–water partition coefficient (Wildman–Crippen LogP) is 1.98. The van der Waals surface area contributed by atoms with Crippen LogP contribution in [0.15, 0.2) is 24.3 Å². The van der Waals surface area contributed by atoms with Crippen molar-refractivity contribution in [3.05, 3.63) is 29.8 Å². The second-order valence-electron chi connectivity index (χ2n) is 5.42. The van der Waals surface area contributed by atoms with Gasteiger partial charge in [0.15, 0.2) is 0 Å². The van der Waals surface area contributed by atoms with E-state index >= 15 is 0 Å². The topological polar surface area (TPSA) is 75.4 Å². The summed E-state index contributed by atoms with van der Waals surface area (Å²) < 4.78 is 0.